The van der Waals surface area contributed by atoms with Gasteiger partial charge in [-0.15, -0.1) is 12.4 Å². The summed E-state index contributed by atoms with van der Waals surface area (Å²) in [7, 11) is 2.29. The number of hydrogen-bond donors (Lipinski definition) is 0. The van der Waals surface area contributed by atoms with Crippen molar-refractivity contribution >= 4 is 47.1 Å². The first-order valence-corrected chi connectivity index (χ1v) is 10.5. The fraction of sp³-hybridized carbons (Fsp3) is 0.429. The number of para-hydroxylation sites is 1. The van der Waals surface area contributed by atoms with Gasteiger partial charge < -0.3 is 9.80 Å². The normalized spacial score (nSPS) is 16.3. The molecule has 1 aliphatic carbocycles. The average molecular weight is 409 g/mol. The smallest absolute Gasteiger partial charge is 0.0567 e. The van der Waals surface area contributed by atoms with Gasteiger partial charge in [-0.05, 0) is 63.2 Å². The van der Waals surface area contributed by atoms with Gasteiger partial charge in [-0.1, -0.05) is 48.3 Å². The molecule has 0 saturated heterocycles. The Morgan fingerprint density at radius 3 is 2.62 bits per heavy atom. The summed E-state index contributed by atoms with van der Waals surface area (Å²) in [4.78, 5) is 7.65. The fourth-order valence-electron chi connectivity index (χ4n) is 4.05. The van der Waals surface area contributed by atoms with Crippen LogP contribution in [0.5, 0.6) is 0 Å². The van der Waals surface area contributed by atoms with Gasteiger partial charge in [-0.2, -0.15) is 0 Å². The molecule has 2 aliphatic rings. The third-order valence-corrected chi connectivity index (χ3v) is 6.79. The largest absolute Gasteiger partial charge is 0.340 e. The van der Waals surface area contributed by atoms with E-state index in [9.17, 15) is 0 Å². The third-order valence-electron chi connectivity index (χ3n) is 5.43. The predicted molar refractivity (Wildman–Crippen MR) is 116 cm³/mol. The van der Waals surface area contributed by atoms with Crippen LogP contribution >= 0.6 is 35.8 Å². The highest BCUT2D eigenvalue weighted by Crippen LogP contribution is 2.48. The van der Waals surface area contributed by atoms with Gasteiger partial charge in [0.05, 0.1) is 11.4 Å². The standard InChI is InChI=1S/C21H25ClN2S.ClH/c1-23(17-7-2-3-8-17)13-6-14-24-18-9-4-5-10-20(18)25-21-12-11-16(22)15-19(21)24;/h4-5,9-12,15,17H,2-3,6-8,13-14H2,1H3;1H. The monoisotopic (exact) mass is 408 g/mol. The molecule has 0 N–H and O–H groups in total. The second-order valence-corrected chi connectivity index (χ2v) is 8.63. The first-order valence-electron chi connectivity index (χ1n) is 9.26. The Bertz CT molecular complexity index is 747. The van der Waals surface area contributed by atoms with E-state index in [1.165, 1.54) is 46.8 Å². The Morgan fingerprint density at radius 1 is 1.08 bits per heavy atom. The van der Waals surface area contributed by atoms with E-state index in [1.54, 1.807) is 0 Å². The van der Waals surface area contributed by atoms with Crippen molar-refractivity contribution < 1.29 is 0 Å². The molecule has 2 aromatic rings. The molecule has 0 bridgehead atoms. The first-order chi connectivity index (χ1) is 12.2. The minimum Gasteiger partial charge on any atom is -0.340 e. The van der Waals surface area contributed by atoms with Crippen LogP contribution < -0.4 is 4.90 Å². The van der Waals surface area contributed by atoms with E-state index in [0.29, 0.717) is 0 Å². The number of nitrogens with zero attached hydrogens (tertiary/aromatic N) is 2. The second-order valence-electron chi connectivity index (χ2n) is 7.11. The predicted octanol–water partition coefficient (Wildman–Crippen LogP) is 6.63. The Hall–Kier alpha value is -0.870. The number of fused-ring (bicyclic) bond motifs is 2. The zero-order chi connectivity index (χ0) is 17.2. The maximum absolute atomic E-state index is 6.30. The molecule has 2 nitrogen and oxygen atoms in total. The van der Waals surface area contributed by atoms with Crippen LogP contribution in [-0.2, 0) is 0 Å². The van der Waals surface area contributed by atoms with Crippen LogP contribution in [0, 0.1) is 0 Å². The van der Waals surface area contributed by atoms with Gasteiger partial charge in [0.25, 0.3) is 0 Å². The summed E-state index contributed by atoms with van der Waals surface area (Å²) in [6.07, 6.45) is 6.71. The van der Waals surface area contributed by atoms with Crippen molar-refractivity contribution in [2.24, 2.45) is 0 Å². The molecule has 140 valence electrons. The number of rotatable bonds is 5. The van der Waals surface area contributed by atoms with Crippen molar-refractivity contribution in [3.63, 3.8) is 0 Å². The number of anilines is 2. The van der Waals surface area contributed by atoms with Crippen molar-refractivity contribution in [2.75, 3.05) is 25.0 Å². The number of halogens is 2. The van der Waals surface area contributed by atoms with Gasteiger partial charge in [0.15, 0.2) is 0 Å². The lowest BCUT2D eigenvalue weighted by atomic mass is 10.2. The molecule has 1 fully saturated rings. The molecule has 0 radical (unpaired) electrons. The van der Waals surface area contributed by atoms with E-state index in [1.807, 2.05) is 17.8 Å². The van der Waals surface area contributed by atoms with Gasteiger partial charge in [0, 0.05) is 27.4 Å². The third kappa shape index (κ3) is 4.17. The van der Waals surface area contributed by atoms with E-state index in [0.717, 1.165) is 30.6 Å². The maximum Gasteiger partial charge on any atom is 0.0567 e. The molecular formula is C21H26Cl2N2S. The topological polar surface area (TPSA) is 6.48 Å². The summed E-state index contributed by atoms with van der Waals surface area (Å²) in [5, 5.41) is 0.812. The lowest BCUT2D eigenvalue weighted by molar-refractivity contribution is 0.244. The van der Waals surface area contributed by atoms with Crippen LogP contribution in [0.1, 0.15) is 32.1 Å². The summed E-state index contributed by atoms with van der Waals surface area (Å²) in [6, 6.07) is 15.8. The second kappa shape index (κ2) is 8.88. The van der Waals surface area contributed by atoms with Crippen LogP contribution in [0.4, 0.5) is 11.4 Å². The zero-order valence-corrected chi connectivity index (χ0v) is 17.5. The summed E-state index contributed by atoms with van der Waals surface area (Å²) in [5.41, 5.74) is 2.56. The van der Waals surface area contributed by atoms with Crippen LogP contribution in [0.25, 0.3) is 0 Å². The van der Waals surface area contributed by atoms with E-state index in [4.69, 9.17) is 11.6 Å². The summed E-state index contributed by atoms with van der Waals surface area (Å²) >= 11 is 8.14. The molecule has 1 saturated carbocycles. The van der Waals surface area contributed by atoms with E-state index < -0.39 is 0 Å². The average Bonchev–Trinajstić information content (AvgIpc) is 3.16. The Morgan fingerprint density at radius 2 is 1.81 bits per heavy atom. The van der Waals surface area contributed by atoms with Crippen molar-refractivity contribution in [1.29, 1.82) is 0 Å². The van der Waals surface area contributed by atoms with E-state index in [2.05, 4.69) is 53.2 Å². The SMILES string of the molecule is CN(CCCN1c2ccccc2Sc2ccc(Cl)cc21)C1CCCC1.Cl. The molecule has 0 amide bonds. The molecule has 1 aliphatic heterocycles. The fourth-order valence-corrected chi connectivity index (χ4v) is 5.29. The summed E-state index contributed by atoms with van der Waals surface area (Å²) < 4.78 is 0. The number of hydrogen-bond acceptors (Lipinski definition) is 3. The highest BCUT2D eigenvalue weighted by Gasteiger charge is 2.24. The van der Waals surface area contributed by atoms with Crippen molar-refractivity contribution in [2.45, 2.75) is 47.9 Å². The summed E-state index contributed by atoms with van der Waals surface area (Å²) in [5.74, 6) is 0. The van der Waals surface area contributed by atoms with Crippen LogP contribution in [0.3, 0.4) is 0 Å². The molecule has 0 aromatic heterocycles. The summed E-state index contributed by atoms with van der Waals surface area (Å²) in [6.45, 7) is 2.19. The molecule has 4 rings (SSSR count). The van der Waals surface area contributed by atoms with Crippen LogP contribution in [0.15, 0.2) is 52.3 Å². The van der Waals surface area contributed by atoms with E-state index >= 15 is 0 Å². The molecule has 26 heavy (non-hydrogen) atoms. The minimum atomic E-state index is 0. The molecule has 0 spiro atoms. The molecule has 0 unspecified atom stereocenters. The molecular weight excluding hydrogens is 383 g/mol. The van der Waals surface area contributed by atoms with Crippen molar-refractivity contribution in [3.8, 4) is 0 Å². The van der Waals surface area contributed by atoms with Gasteiger partial charge in [0.2, 0.25) is 0 Å². The molecule has 0 atom stereocenters. The Balaban J connectivity index is 0.00000196. The quantitative estimate of drug-likeness (QED) is 0.547. The van der Waals surface area contributed by atoms with Crippen LogP contribution in [-0.4, -0.2) is 31.1 Å². The van der Waals surface area contributed by atoms with Crippen LogP contribution in [0.2, 0.25) is 5.02 Å². The first kappa shape index (κ1) is 19.9. The minimum absolute atomic E-state index is 0. The van der Waals surface area contributed by atoms with Gasteiger partial charge >= 0.3 is 0 Å². The van der Waals surface area contributed by atoms with Gasteiger partial charge in [-0.3, -0.25) is 0 Å². The maximum atomic E-state index is 6.30. The lowest BCUT2D eigenvalue weighted by Crippen LogP contribution is -2.32. The van der Waals surface area contributed by atoms with Crippen molar-refractivity contribution in [3.05, 3.63) is 47.5 Å². The number of benzene rings is 2. The van der Waals surface area contributed by atoms with Gasteiger partial charge in [-0.25, -0.2) is 0 Å². The van der Waals surface area contributed by atoms with Crippen molar-refractivity contribution in [1.82, 2.24) is 4.90 Å². The Labute approximate surface area is 172 Å². The lowest BCUT2D eigenvalue weighted by Gasteiger charge is -2.34. The molecule has 2 aromatic carbocycles. The molecule has 1 heterocycles. The highest BCUT2D eigenvalue weighted by molar-refractivity contribution is 7.99. The molecule has 5 heteroatoms. The van der Waals surface area contributed by atoms with E-state index in [-0.39, 0.29) is 12.4 Å². The Kier molecular flexibility index (Phi) is 6.79. The highest BCUT2D eigenvalue weighted by atomic mass is 35.5. The van der Waals surface area contributed by atoms with Gasteiger partial charge in [0.1, 0.15) is 0 Å². The zero-order valence-electron chi connectivity index (χ0n) is 15.2.